The highest BCUT2D eigenvalue weighted by molar-refractivity contribution is 5.94. The van der Waals surface area contributed by atoms with E-state index in [4.69, 9.17) is 10.5 Å². The average molecular weight is 347 g/mol. The number of carbonyl (C=O) groups is 2. The van der Waals surface area contributed by atoms with Gasteiger partial charge in [-0.05, 0) is 24.6 Å². The summed E-state index contributed by atoms with van der Waals surface area (Å²) in [7, 11) is 3.35. The molecular formula is C19H29N3O3. The molecule has 2 unspecified atom stereocenters. The Hall–Kier alpha value is -1.92. The molecule has 2 amide bonds. The Labute approximate surface area is 149 Å². The van der Waals surface area contributed by atoms with Crippen LogP contribution in [0.15, 0.2) is 24.3 Å². The normalized spacial score (nSPS) is 24.3. The number of carbonyl (C=O) groups excluding carboxylic acids is 2. The zero-order chi connectivity index (χ0) is 18.8. The van der Waals surface area contributed by atoms with Gasteiger partial charge in [0.15, 0.2) is 0 Å². The molecule has 6 heteroatoms. The van der Waals surface area contributed by atoms with Crippen LogP contribution in [0.4, 0.5) is 0 Å². The number of ether oxygens (including phenoxy) is 1. The summed E-state index contributed by atoms with van der Waals surface area (Å²) in [4.78, 5) is 26.2. The highest BCUT2D eigenvalue weighted by atomic mass is 16.5. The van der Waals surface area contributed by atoms with Crippen LogP contribution in [0, 0.1) is 5.41 Å². The van der Waals surface area contributed by atoms with Gasteiger partial charge in [-0.2, -0.15) is 0 Å². The summed E-state index contributed by atoms with van der Waals surface area (Å²) < 4.78 is 5.69. The molecule has 0 aromatic heterocycles. The van der Waals surface area contributed by atoms with E-state index in [9.17, 15) is 9.59 Å². The summed E-state index contributed by atoms with van der Waals surface area (Å²) in [6.45, 7) is 6.98. The van der Waals surface area contributed by atoms with E-state index in [1.54, 1.807) is 31.1 Å². The molecule has 0 saturated heterocycles. The maximum atomic E-state index is 12.9. The second kappa shape index (κ2) is 7.14. The van der Waals surface area contributed by atoms with Gasteiger partial charge in [0.2, 0.25) is 5.91 Å². The zero-order valence-corrected chi connectivity index (χ0v) is 15.8. The number of hydrogen-bond acceptors (Lipinski definition) is 4. The van der Waals surface area contributed by atoms with E-state index in [1.807, 2.05) is 32.9 Å². The molecule has 2 atom stereocenters. The Morgan fingerprint density at radius 1 is 1.32 bits per heavy atom. The minimum atomic E-state index is -0.913. The smallest absolute Gasteiger partial charge is 0.251 e. The van der Waals surface area contributed by atoms with Crippen molar-refractivity contribution in [3.05, 3.63) is 35.4 Å². The Kier molecular flexibility index (Phi) is 5.54. The fourth-order valence-corrected chi connectivity index (χ4v) is 3.39. The van der Waals surface area contributed by atoms with Crippen LogP contribution in [0.25, 0.3) is 0 Å². The minimum Gasteiger partial charge on any atom is -0.378 e. The number of likely N-dealkylation sites (N-methyl/N-ethyl adjacent to an activating group) is 1. The second-order valence-electron chi connectivity index (χ2n) is 7.28. The van der Waals surface area contributed by atoms with E-state index in [2.05, 4.69) is 5.32 Å². The molecule has 6 nitrogen and oxygen atoms in total. The summed E-state index contributed by atoms with van der Waals surface area (Å²) in [5.74, 6) is -0.209. The Balaban J connectivity index is 2.04. The summed E-state index contributed by atoms with van der Waals surface area (Å²) >= 11 is 0. The van der Waals surface area contributed by atoms with E-state index in [0.717, 1.165) is 5.56 Å². The van der Waals surface area contributed by atoms with Gasteiger partial charge >= 0.3 is 0 Å². The van der Waals surface area contributed by atoms with Crippen molar-refractivity contribution < 1.29 is 14.3 Å². The zero-order valence-electron chi connectivity index (χ0n) is 15.8. The van der Waals surface area contributed by atoms with Gasteiger partial charge < -0.3 is 20.7 Å². The van der Waals surface area contributed by atoms with Crippen LogP contribution in [-0.4, -0.2) is 49.1 Å². The van der Waals surface area contributed by atoms with E-state index in [0.29, 0.717) is 25.1 Å². The van der Waals surface area contributed by atoms with Crippen molar-refractivity contribution >= 4 is 11.8 Å². The fourth-order valence-electron chi connectivity index (χ4n) is 3.39. The molecule has 1 saturated carbocycles. The van der Waals surface area contributed by atoms with Crippen LogP contribution >= 0.6 is 0 Å². The van der Waals surface area contributed by atoms with Crippen molar-refractivity contribution in [2.24, 2.45) is 11.1 Å². The molecule has 25 heavy (non-hydrogen) atoms. The van der Waals surface area contributed by atoms with E-state index < -0.39 is 11.0 Å². The highest BCUT2D eigenvalue weighted by Gasteiger charge is 2.63. The average Bonchev–Trinajstić information content (AvgIpc) is 2.60. The first-order chi connectivity index (χ1) is 11.7. The fraction of sp³-hybridized carbons (Fsp3) is 0.579. The lowest BCUT2D eigenvalue weighted by atomic mass is 9.54. The molecule has 1 fully saturated rings. The molecule has 1 aromatic carbocycles. The molecule has 0 radical (unpaired) electrons. The molecule has 1 aromatic rings. The summed E-state index contributed by atoms with van der Waals surface area (Å²) in [6.07, 6.45) is 0.541. The van der Waals surface area contributed by atoms with Gasteiger partial charge in [-0.25, -0.2) is 0 Å². The Morgan fingerprint density at radius 3 is 2.40 bits per heavy atom. The Morgan fingerprint density at radius 2 is 1.92 bits per heavy atom. The number of nitrogens with zero attached hydrogens (tertiary/aromatic N) is 1. The van der Waals surface area contributed by atoms with Gasteiger partial charge in [0, 0.05) is 44.6 Å². The van der Waals surface area contributed by atoms with Crippen LogP contribution in [0.1, 0.15) is 43.1 Å². The molecular weight excluding hydrogens is 318 g/mol. The first-order valence-corrected chi connectivity index (χ1v) is 8.64. The molecule has 0 bridgehead atoms. The Bertz CT molecular complexity index is 642. The standard InChI is InChI=1S/C19H29N3O3/c1-6-25-15-11-19(20,18(15,2)3)17(24)22(5)12-13-7-9-14(10-8-13)16(23)21-4/h7-10,15H,6,11-12,20H2,1-5H3,(H,21,23). The first kappa shape index (κ1) is 19.4. The van der Waals surface area contributed by atoms with Gasteiger partial charge in [-0.15, -0.1) is 0 Å². The number of nitrogens with one attached hydrogen (secondary N) is 1. The highest BCUT2D eigenvalue weighted by Crippen LogP contribution is 2.50. The molecule has 138 valence electrons. The quantitative estimate of drug-likeness (QED) is 0.817. The summed E-state index contributed by atoms with van der Waals surface area (Å²) in [5.41, 5.74) is 6.68. The second-order valence-corrected chi connectivity index (χ2v) is 7.28. The van der Waals surface area contributed by atoms with Crippen molar-refractivity contribution in [2.45, 2.75) is 45.4 Å². The lowest BCUT2D eigenvalue weighted by Gasteiger charge is -2.58. The van der Waals surface area contributed by atoms with E-state index >= 15 is 0 Å². The SMILES string of the molecule is CCOC1CC(N)(C(=O)N(C)Cc2ccc(C(=O)NC)cc2)C1(C)C. The lowest BCUT2D eigenvalue weighted by molar-refractivity contribution is -0.178. The maximum absolute atomic E-state index is 12.9. The molecule has 0 spiro atoms. The summed E-state index contributed by atoms with van der Waals surface area (Å²) in [5, 5.41) is 2.59. The number of hydrogen-bond donors (Lipinski definition) is 2. The van der Waals surface area contributed by atoms with Crippen molar-refractivity contribution in [2.75, 3.05) is 20.7 Å². The van der Waals surface area contributed by atoms with Gasteiger partial charge in [0.25, 0.3) is 5.91 Å². The predicted molar refractivity (Wildman–Crippen MR) is 97.0 cm³/mol. The predicted octanol–water partition coefficient (Wildman–Crippen LogP) is 1.54. The molecule has 1 aliphatic rings. The molecule has 0 aliphatic heterocycles. The third-order valence-corrected chi connectivity index (χ3v) is 5.42. The van der Waals surface area contributed by atoms with Crippen LogP contribution < -0.4 is 11.1 Å². The van der Waals surface area contributed by atoms with Crippen LogP contribution in [0.3, 0.4) is 0 Å². The number of benzene rings is 1. The van der Waals surface area contributed by atoms with Gasteiger partial charge in [0.1, 0.15) is 5.54 Å². The number of rotatable bonds is 6. The van der Waals surface area contributed by atoms with Gasteiger partial charge in [0.05, 0.1) is 6.10 Å². The number of nitrogens with two attached hydrogens (primary N) is 1. The molecule has 3 N–H and O–H groups in total. The lowest BCUT2D eigenvalue weighted by Crippen LogP contribution is -2.75. The van der Waals surface area contributed by atoms with Crippen LogP contribution in [-0.2, 0) is 16.1 Å². The topological polar surface area (TPSA) is 84.7 Å². The van der Waals surface area contributed by atoms with Crippen LogP contribution in [0.5, 0.6) is 0 Å². The third-order valence-electron chi connectivity index (χ3n) is 5.42. The largest absolute Gasteiger partial charge is 0.378 e. The monoisotopic (exact) mass is 347 g/mol. The molecule has 1 aliphatic carbocycles. The third kappa shape index (κ3) is 3.41. The van der Waals surface area contributed by atoms with Crippen molar-refractivity contribution in [3.8, 4) is 0 Å². The molecule has 0 heterocycles. The van der Waals surface area contributed by atoms with Crippen molar-refractivity contribution in [1.82, 2.24) is 10.2 Å². The maximum Gasteiger partial charge on any atom is 0.251 e. The van der Waals surface area contributed by atoms with E-state index in [1.165, 1.54) is 0 Å². The van der Waals surface area contributed by atoms with Crippen LogP contribution in [0.2, 0.25) is 0 Å². The summed E-state index contributed by atoms with van der Waals surface area (Å²) in [6, 6.07) is 7.21. The van der Waals surface area contributed by atoms with Crippen molar-refractivity contribution in [3.63, 3.8) is 0 Å². The first-order valence-electron chi connectivity index (χ1n) is 8.64. The van der Waals surface area contributed by atoms with Gasteiger partial charge in [-0.1, -0.05) is 26.0 Å². The van der Waals surface area contributed by atoms with Gasteiger partial charge in [-0.3, -0.25) is 9.59 Å². The van der Waals surface area contributed by atoms with Crippen molar-refractivity contribution in [1.29, 1.82) is 0 Å². The number of amides is 2. The minimum absolute atomic E-state index is 0.00619. The van der Waals surface area contributed by atoms with E-state index in [-0.39, 0.29) is 17.9 Å². The molecule has 2 rings (SSSR count).